The minimum Gasteiger partial charge on any atom is -0.494 e. The van der Waals surface area contributed by atoms with E-state index in [4.69, 9.17) is 16.3 Å². The number of carbonyl (C=O) groups is 2. The van der Waals surface area contributed by atoms with Crippen molar-refractivity contribution >= 4 is 34.8 Å². The molecule has 0 spiro atoms. The molecule has 10 heteroatoms. The number of esters is 1. The molecule has 0 aliphatic carbocycles. The first-order valence-corrected chi connectivity index (χ1v) is 12.7. The van der Waals surface area contributed by atoms with Gasteiger partial charge < -0.3 is 14.8 Å². The largest absolute Gasteiger partial charge is 0.494 e. The third-order valence-corrected chi connectivity index (χ3v) is 7.29. The van der Waals surface area contributed by atoms with Gasteiger partial charge in [-0.05, 0) is 79.3 Å². The maximum atomic E-state index is 12.9. The lowest BCUT2D eigenvalue weighted by Gasteiger charge is -2.15. The van der Waals surface area contributed by atoms with Crippen LogP contribution in [-0.2, 0) is 22.1 Å². The van der Waals surface area contributed by atoms with Crippen LogP contribution in [0, 0.1) is 13.8 Å². The van der Waals surface area contributed by atoms with Crippen LogP contribution >= 0.6 is 22.9 Å². The van der Waals surface area contributed by atoms with Crippen molar-refractivity contribution in [3.8, 4) is 16.9 Å². The number of methoxy groups -OCH3 is 1. The lowest BCUT2D eigenvalue weighted by atomic mass is 9.94. The van der Waals surface area contributed by atoms with Gasteiger partial charge in [-0.2, -0.15) is 13.2 Å². The van der Waals surface area contributed by atoms with Gasteiger partial charge in [0.25, 0.3) is 5.91 Å². The SMILES string of the molecule is COC(=O)CCNC(=O)c1cc(Cl)c(CCCOc2cc(C)c(-c3ccc(C(F)(F)F)cc3)c(C)c2)s1. The number of nitrogens with one attached hydrogen (secondary N) is 1. The van der Waals surface area contributed by atoms with Gasteiger partial charge in [0.15, 0.2) is 0 Å². The normalized spacial score (nSPS) is 11.3. The van der Waals surface area contributed by atoms with Gasteiger partial charge in [0.05, 0.1) is 35.6 Å². The van der Waals surface area contributed by atoms with Gasteiger partial charge in [-0.1, -0.05) is 23.7 Å². The molecule has 0 radical (unpaired) electrons. The monoisotopic (exact) mass is 553 g/mol. The third kappa shape index (κ3) is 7.72. The highest BCUT2D eigenvalue weighted by atomic mass is 35.5. The Hall–Kier alpha value is -3.04. The molecule has 5 nitrogen and oxygen atoms in total. The summed E-state index contributed by atoms with van der Waals surface area (Å²) in [6.45, 7) is 4.40. The van der Waals surface area contributed by atoms with Crippen LogP contribution in [-0.4, -0.2) is 32.1 Å². The lowest BCUT2D eigenvalue weighted by molar-refractivity contribution is -0.140. The molecule has 1 amide bonds. The number of amides is 1. The number of aryl methyl sites for hydroxylation is 3. The highest BCUT2D eigenvalue weighted by Gasteiger charge is 2.30. The molecule has 3 rings (SSSR count). The van der Waals surface area contributed by atoms with Crippen LogP contribution in [0.5, 0.6) is 5.75 Å². The molecular formula is C27H27ClF3NO4S. The molecule has 0 unspecified atom stereocenters. The van der Waals surface area contributed by atoms with Crippen LogP contribution in [0.15, 0.2) is 42.5 Å². The molecule has 0 aliphatic rings. The van der Waals surface area contributed by atoms with E-state index in [9.17, 15) is 22.8 Å². The predicted octanol–water partition coefficient (Wildman–Crippen LogP) is 7.01. The summed E-state index contributed by atoms with van der Waals surface area (Å²) in [6, 6.07) is 10.5. The minimum atomic E-state index is -4.37. The van der Waals surface area contributed by atoms with E-state index in [1.807, 2.05) is 26.0 Å². The summed E-state index contributed by atoms with van der Waals surface area (Å²) in [5.74, 6) is -0.0178. The molecule has 0 bridgehead atoms. The standard InChI is InChI=1S/C27H27ClF3NO4S/c1-16-13-20(14-17(2)25(16)18-6-8-19(9-7-18)27(29,30)31)36-12-4-5-22-21(28)15-23(37-22)26(34)32-11-10-24(33)35-3/h6-9,13-15H,4-5,10-12H2,1-3H3,(H,32,34). The van der Waals surface area contributed by atoms with Crippen molar-refractivity contribution in [1.29, 1.82) is 0 Å². The fourth-order valence-electron chi connectivity index (χ4n) is 3.87. The second-order valence-electron chi connectivity index (χ2n) is 8.42. The average Bonchev–Trinajstić information content (AvgIpc) is 3.21. The minimum absolute atomic E-state index is 0.0931. The van der Waals surface area contributed by atoms with Crippen molar-refractivity contribution in [3.05, 3.63) is 73.9 Å². The van der Waals surface area contributed by atoms with E-state index < -0.39 is 17.7 Å². The van der Waals surface area contributed by atoms with E-state index in [-0.39, 0.29) is 18.9 Å². The molecule has 0 saturated heterocycles. The van der Waals surface area contributed by atoms with Gasteiger partial charge in [0, 0.05) is 11.4 Å². The van der Waals surface area contributed by atoms with Crippen molar-refractivity contribution in [2.24, 2.45) is 0 Å². The van der Waals surface area contributed by atoms with Gasteiger partial charge >= 0.3 is 12.1 Å². The Morgan fingerprint density at radius 2 is 1.70 bits per heavy atom. The molecule has 0 saturated carbocycles. The number of hydrogen-bond acceptors (Lipinski definition) is 5. The van der Waals surface area contributed by atoms with Gasteiger partial charge in [-0.25, -0.2) is 0 Å². The number of benzene rings is 2. The van der Waals surface area contributed by atoms with E-state index in [1.165, 1.54) is 30.6 Å². The smallest absolute Gasteiger partial charge is 0.416 e. The van der Waals surface area contributed by atoms with Gasteiger partial charge in [0.2, 0.25) is 0 Å². The van der Waals surface area contributed by atoms with Gasteiger partial charge in [-0.15, -0.1) is 11.3 Å². The van der Waals surface area contributed by atoms with Crippen LogP contribution in [0.25, 0.3) is 11.1 Å². The third-order valence-electron chi connectivity index (χ3n) is 5.65. The number of carbonyl (C=O) groups excluding carboxylic acids is 2. The molecule has 37 heavy (non-hydrogen) atoms. The van der Waals surface area contributed by atoms with Crippen LogP contribution < -0.4 is 10.1 Å². The van der Waals surface area contributed by atoms with E-state index in [1.54, 1.807) is 6.07 Å². The number of rotatable bonds is 10. The summed E-state index contributed by atoms with van der Waals surface area (Å²) in [4.78, 5) is 24.8. The average molecular weight is 554 g/mol. The summed E-state index contributed by atoms with van der Waals surface area (Å²) in [5, 5.41) is 3.18. The summed E-state index contributed by atoms with van der Waals surface area (Å²) in [7, 11) is 1.29. The molecule has 3 aromatic rings. The van der Waals surface area contributed by atoms with Crippen molar-refractivity contribution < 1.29 is 32.2 Å². The molecule has 1 heterocycles. The summed E-state index contributed by atoms with van der Waals surface area (Å²) < 4.78 is 49.1. The number of hydrogen-bond donors (Lipinski definition) is 1. The van der Waals surface area contributed by atoms with Crippen LogP contribution in [0.4, 0.5) is 13.2 Å². The first-order valence-electron chi connectivity index (χ1n) is 11.5. The second kappa shape index (κ2) is 12.5. The van der Waals surface area contributed by atoms with Crippen LogP contribution in [0.3, 0.4) is 0 Å². The first-order chi connectivity index (χ1) is 17.5. The number of halogens is 4. The second-order valence-corrected chi connectivity index (χ2v) is 9.97. The molecule has 2 aromatic carbocycles. The van der Waals surface area contributed by atoms with E-state index in [0.717, 1.165) is 33.7 Å². The van der Waals surface area contributed by atoms with Crippen molar-refractivity contribution in [1.82, 2.24) is 5.32 Å². The Labute approximate surface area is 222 Å². The Bertz CT molecular complexity index is 1230. The zero-order valence-electron chi connectivity index (χ0n) is 20.6. The summed E-state index contributed by atoms with van der Waals surface area (Å²) in [6.07, 6.45) is -2.98. The molecule has 0 aliphatic heterocycles. The topological polar surface area (TPSA) is 64.6 Å². The molecular weight excluding hydrogens is 527 g/mol. The Kier molecular flexibility index (Phi) is 9.62. The zero-order valence-corrected chi connectivity index (χ0v) is 22.2. The molecule has 1 N–H and O–H groups in total. The molecule has 0 fully saturated rings. The Morgan fingerprint density at radius 1 is 1.05 bits per heavy atom. The van der Waals surface area contributed by atoms with Crippen molar-refractivity contribution in [3.63, 3.8) is 0 Å². The molecule has 198 valence electrons. The van der Waals surface area contributed by atoms with Crippen molar-refractivity contribution in [2.45, 2.75) is 39.3 Å². The quantitative estimate of drug-likeness (QED) is 0.217. The summed E-state index contributed by atoms with van der Waals surface area (Å²) >= 11 is 7.60. The number of ether oxygens (including phenoxy) is 2. The molecule has 0 atom stereocenters. The van der Waals surface area contributed by atoms with E-state index in [2.05, 4.69) is 10.1 Å². The number of alkyl halides is 3. The van der Waals surface area contributed by atoms with Gasteiger partial charge in [0.1, 0.15) is 5.75 Å². The Balaban J connectivity index is 1.54. The predicted molar refractivity (Wildman–Crippen MR) is 138 cm³/mol. The van der Waals surface area contributed by atoms with Crippen molar-refractivity contribution in [2.75, 3.05) is 20.3 Å². The van der Waals surface area contributed by atoms with Crippen LogP contribution in [0.1, 0.15) is 44.1 Å². The molecule has 1 aromatic heterocycles. The highest BCUT2D eigenvalue weighted by Crippen LogP contribution is 2.35. The Morgan fingerprint density at radius 3 is 2.30 bits per heavy atom. The maximum absolute atomic E-state index is 12.9. The zero-order chi connectivity index (χ0) is 27.2. The fraction of sp³-hybridized carbons (Fsp3) is 0.333. The lowest BCUT2D eigenvalue weighted by Crippen LogP contribution is -2.25. The first kappa shape index (κ1) is 28.5. The summed E-state index contributed by atoms with van der Waals surface area (Å²) in [5.41, 5.74) is 2.72. The van der Waals surface area contributed by atoms with E-state index in [0.29, 0.717) is 40.7 Å². The van der Waals surface area contributed by atoms with Gasteiger partial charge in [-0.3, -0.25) is 9.59 Å². The maximum Gasteiger partial charge on any atom is 0.416 e. The van der Waals surface area contributed by atoms with Crippen LogP contribution in [0.2, 0.25) is 5.02 Å². The fourth-order valence-corrected chi connectivity index (χ4v) is 5.26. The highest BCUT2D eigenvalue weighted by molar-refractivity contribution is 7.14. The number of thiophene rings is 1. The van der Waals surface area contributed by atoms with E-state index >= 15 is 0 Å².